The summed E-state index contributed by atoms with van der Waals surface area (Å²) in [7, 11) is 0. The second-order valence-corrected chi connectivity index (χ2v) is 2.32. The smallest absolute Gasteiger partial charge is 0.278 e. The molecule has 12 heavy (non-hydrogen) atoms. The van der Waals surface area contributed by atoms with Gasteiger partial charge in [-0.25, -0.2) is 9.97 Å². The average molecular weight is 162 g/mol. The maximum Gasteiger partial charge on any atom is 0.278 e. The lowest BCUT2D eigenvalue weighted by Gasteiger charge is -1.95. The Labute approximate surface area is 67.3 Å². The topological polar surface area (TPSA) is 84.7 Å². The quantitative estimate of drug-likeness (QED) is 0.566. The zero-order valence-electron chi connectivity index (χ0n) is 6.11. The summed E-state index contributed by atoms with van der Waals surface area (Å²) in [5.41, 5.74) is 5.85. The molecular weight excluding hydrogens is 156 g/mol. The normalized spacial score (nSPS) is 10.3. The van der Waals surface area contributed by atoms with Crippen LogP contribution >= 0.6 is 0 Å². The molecule has 0 aliphatic rings. The molecule has 60 valence electrons. The number of hydrogen-bond donors (Lipinski definition) is 2. The lowest BCUT2D eigenvalue weighted by atomic mass is 10.4. The van der Waals surface area contributed by atoms with Gasteiger partial charge in [-0.15, -0.1) is 0 Å². The van der Waals surface area contributed by atoms with Crippen LogP contribution in [-0.4, -0.2) is 15.0 Å². The molecular formula is C7H6N4O. The van der Waals surface area contributed by atoms with E-state index in [1.165, 1.54) is 6.20 Å². The molecule has 0 amide bonds. The number of aromatic amines is 1. The molecule has 0 unspecified atom stereocenters. The lowest BCUT2D eigenvalue weighted by molar-refractivity contribution is 1.16. The number of H-pyrrole nitrogens is 1. The minimum Gasteiger partial charge on any atom is -0.369 e. The highest BCUT2D eigenvalue weighted by Crippen LogP contribution is 2.01. The van der Waals surface area contributed by atoms with Crippen molar-refractivity contribution in [3.63, 3.8) is 0 Å². The van der Waals surface area contributed by atoms with Crippen LogP contribution in [-0.2, 0) is 0 Å². The van der Waals surface area contributed by atoms with Gasteiger partial charge < -0.3 is 5.73 Å². The van der Waals surface area contributed by atoms with Gasteiger partial charge in [0.05, 0.1) is 5.52 Å². The fourth-order valence-electron chi connectivity index (χ4n) is 0.995. The molecule has 0 atom stereocenters. The predicted molar refractivity (Wildman–Crippen MR) is 44.6 cm³/mol. The Morgan fingerprint density at radius 1 is 1.50 bits per heavy atom. The number of aromatic nitrogens is 3. The molecule has 0 saturated carbocycles. The average Bonchev–Trinajstić information content (AvgIpc) is 2.04. The first kappa shape index (κ1) is 6.78. The van der Waals surface area contributed by atoms with Gasteiger partial charge in [0.25, 0.3) is 5.56 Å². The summed E-state index contributed by atoms with van der Waals surface area (Å²) in [6, 6.07) is 3.39. The summed E-state index contributed by atoms with van der Waals surface area (Å²) in [5, 5.41) is 0. The molecule has 2 aromatic heterocycles. The maximum absolute atomic E-state index is 11.2. The van der Waals surface area contributed by atoms with Crippen LogP contribution in [0.15, 0.2) is 23.1 Å². The number of nitrogens with zero attached hydrogens (tertiary/aromatic N) is 2. The van der Waals surface area contributed by atoms with Gasteiger partial charge in [0, 0.05) is 6.20 Å². The molecule has 0 spiro atoms. The molecule has 0 aliphatic carbocycles. The van der Waals surface area contributed by atoms with E-state index < -0.39 is 0 Å². The second kappa shape index (κ2) is 2.30. The highest BCUT2D eigenvalue weighted by molar-refractivity contribution is 5.73. The SMILES string of the molecule is Nc1nc2cccnc2c(=O)[nH]1. The third-order valence-corrected chi connectivity index (χ3v) is 1.48. The third kappa shape index (κ3) is 0.914. The molecule has 0 bridgehead atoms. The number of anilines is 1. The van der Waals surface area contributed by atoms with Crippen molar-refractivity contribution in [2.75, 3.05) is 5.73 Å². The number of pyridine rings is 1. The zero-order valence-corrected chi connectivity index (χ0v) is 6.11. The van der Waals surface area contributed by atoms with Gasteiger partial charge >= 0.3 is 0 Å². The molecule has 2 aromatic rings. The monoisotopic (exact) mass is 162 g/mol. The van der Waals surface area contributed by atoms with E-state index in [9.17, 15) is 4.79 Å². The number of hydrogen-bond acceptors (Lipinski definition) is 4. The van der Waals surface area contributed by atoms with Crippen molar-refractivity contribution in [2.45, 2.75) is 0 Å². The number of rotatable bonds is 0. The van der Waals surface area contributed by atoms with Crippen LogP contribution in [0.4, 0.5) is 5.95 Å². The summed E-state index contributed by atoms with van der Waals surface area (Å²) in [6.07, 6.45) is 1.54. The second-order valence-electron chi connectivity index (χ2n) is 2.32. The zero-order chi connectivity index (χ0) is 8.55. The highest BCUT2D eigenvalue weighted by Gasteiger charge is 1.99. The molecule has 0 aliphatic heterocycles. The van der Waals surface area contributed by atoms with Crippen molar-refractivity contribution in [3.05, 3.63) is 28.7 Å². The van der Waals surface area contributed by atoms with Crippen LogP contribution in [0.25, 0.3) is 11.0 Å². The predicted octanol–water partition coefficient (Wildman–Crippen LogP) is -0.0997. The third-order valence-electron chi connectivity index (χ3n) is 1.48. The van der Waals surface area contributed by atoms with Crippen LogP contribution in [0.3, 0.4) is 0 Å². The van der Waals surface area contributed by atoms with Crippen molar-refractivity contribution in [1.82, 2.24) is 15.0 Å². The Bertz CT molecular complexity index is 476. The van der Waals surface area contributed by atoms with Gasteiger partial charge in [0.15, 0.2) is 5.52 Å². The van der Waals surface area contributed by atoms with E-state index in [1.54, 1.807) is 12.1 Å². The van der Waals surface area contributed by atoms with Crippen LogP contribution < -0.4 is 11.3 Å². The fourth-order valence-corrected chi connectivity index (χ4v) is 0.995. The molecule has 0 fully saturated rings. The van der Waals surface area contributed by atoms with E-state index in [0.717, 1.165) is 0 Å². The van der Waals surface area contributed by atoms with Gasteiger partial charge in [-0.3, -0.25) is 9.78 Å². The standard InChI is InChI=1S/C7H6N4O/c8-7-10-4-2-1-3-9-5(4)6(12)11-7/h1-3H,(H3,8,10,11,12). The van der Waals surface area contributed by atoms with E-state index in [0.29, 0.717) is 11.0 Å². The van der Waals surface area contributed by atoms with Crippen molar-refractivity contribution in [2.24, 2.45) is 0 Å². The van der Waals surface area contributed by atoms with Gasteiger partial charge in [-0.05, 0) is 12.1 Å². The van der Waals surface area contributed by atoms with Crippen LogP contribution in [0.5, 0.6) is 0 Å². The summed E-state index contributed by atoms with van der Waals surface area (Å²) >= 11 is 0. The largest absolute Gasteiger partial charge is 0.369 e. The molecule has 2 rings (SSSR count). The van der Waals surface area contributed by atoms with E-state index in [4.69, 9.17) is 5.73 Å². The molecule has 3 N–H and O–H groups in total. The van der Waals surface area contributed by atoms with Gasteiger partial charge in [0.1, 0.15) is 0 Å². The van der Waals surface area contributed by atoms with E-state index >= 15 is 0 Å². The minimum absolute atomic E-state index is 0.112. The van der Waals surface area contributed by atoms with Crippen molar-refractivity contribution in [3.8, 4) is 0 Å². The van der Waals surface area contributed by atoms with E-state index in [-0.39, 0.29) is 11.5 Å². The first-order valence-corrected chi connectivity index (χ1v) is 3.38. The molecule has 0 aromatic carbocycles. The lowest BCUT2D eigenvalue weighted by Crippen LogP contribution is -2.12. The summed E-state index contributed by atoms with van der Waals surface area (Å²) < 4.78 is 0. The maximum atomic E-state index is 11.2. The first-order valence-electron chi connectivity index (χ1n) is 3.38. The van der Waals surface area contributed by atoms with E-state index in [1.807, 2.05) is 0 Å². The number of fused-ring (bicyclic) bond motifs is 1. The van der Waals surface area contributed by atoms with Gasteiger partial charge in [-0.1, -0.05) is 0 Å². The highest BCUT2D eigenvalue weighted by atomic mass is 16.1. The molecule has 5 nitrogen and oxygen atoms in total. The minimum atomic E-state index is -0.307. The first-order chi connectivity index (χ1) is 5.77. The summed E-state index contributed by atoms with van der Waals surface area (Å²) in [4.78, 5) is 21.3. The van der Waals surface area contributed by atoms with Crippen LogP contribution in [0, 0.1) is 0 Å². The van der Waals surface area contributed by atoms with Gasteiger partial charge in [0.2, 0.25) is 5.95 Å². The van der Waals surface area contributed by atoms with Crippen molar-refractivity contribution >= 4 is 17.0 Å². The Hall–Kier alpha value is -1.91. The Morgan fingerprint density at radius 2 is 2.33 bits per heavy atom. The number of nitrogens with one attached hydrogen (secondary N) is 1. The van der Waals surface area contributed by atoms with Crippen LogP contribution in [0.2, 0.25) is 0 Å². The summed E-state index contributed by atoms with van der Waals surface area (Å²) in [5.74, 6) is 0.112. The number of nitrogens with two attached hydrogens (primary N) is 1. The Morgan fingerprint density at radius 3 is 3.17 bits per heavy atom. The molecule has 0 radical (unpaired) electrons. The Kier molecular flexibility index (Phi) is 1.30. The van der Waals surface area contributed by atoms with E-state index in [2.05, 4.69) is 15.0 Å². The number of nitrogen functional groups attached to an aromatic ring is 1. The molecule has 5 heteroatoms. The van der Waals surface area contributed by atoms with Crippen LogP contribution in [0.1, 0.15) is 0 Å². The summed E-state index contributed by atoms with van der Waals surface area (Å²) in [6.45, 7) is 0. The fraction of sp³-hybridized carbons (Fsp3) is 0. The molecule has 0 saturated heterocycles. The molecule has 2 heterocycles. The van der Waals surface area contributed by atoms with Crippen molar-refractivity contribution < 1.29 is 0 Å². The van der Waals surface area contributed by atoms with Crippen molar-refractivity contribution in [1.29, 1.82) is 0 Å². The van der Waals surface area contributed by atoms with Gasteiger partial charge in [-0.2, -0.15) is 0 Å². The Balaban J connectivity index is 2.99.